The zero-order valence-corrected chi connectivity index (χ0v) is 8.27. The zero-order valence-electron chi connectivity index (χ0n) is 8.27. The van der Waals surface area contributed by atoms with Crippen molar-refractivity contribution in [3.8, 4) is 0 Å². The zero-order chi connectivity index (χ0) is 9.84. The Labute approximate surface area is 78.2 Å². The molecule has 0 aromatic carbocycles. The second kappa shape index (κ2) is 4.39. The average molecular weight is 184 g/mol. The van der Waals surface area contributed by atoms with Crippen molar-refractivity contribution < 1.29 is 9.84 Å². The largest absolute Gasteiger partial charge is 0.390 e. The van der Waals surface area contributed by atoms with E-state index < -0.39 is 6.10 Å². The Balaban J connectivity index is 2.54. The number of nitrogens with zero attached hydrogens (tertiary/aromatic N) is 2. The minimum absolute atomic E-state index is 0.156. The molecule has 13 heavy (non-hydrogen) atoms. The normalized spacial score (nSPS) is 15.7. The molecule has 0 saturated heterocycles. The van der Waals surface area contributed by atoms with Crippen LogP contribution in [0.3, 0.4) is 0 Å². The van der Waals surface area contributed by atoms with Crippen molar-refractivity contribution in [3.63, 3.8) is 0 Å². The molecular formula is C9H16N2O2. The Morgan fingerprint density at radius 1 is 1.69 bits per heavy atom. The van der Waals surface area contributed by atoms with E-state index >= 15 is 0 Å². The lowest BCUT2D eigenvalue weighted by Crippen LogP contribution is -2.28. The number of aryl methyl sites for hydroxylation is 1. The van der Waals surface area contributed by atoms with Crippen LogP contribution in [0.2, 0.25) is 0 Å². The van der Waals surface area contributed by atoms with Gasteiger partial charge in [-0.15, -0.1) is 0 Å². The van der Waals surface area contributed by atoms with Crippen molar-refractivity contribution >= 4 is 0 Å². The summed E-state index contributed by atoms with van der Waals surface area (Å²) in [7, 11) is 3.50. The molecule has 1 aromatic rings. The van der Waals surface area contributed by atoms with Crippen LogP contribution in [-0.2, 0) is 18.2 Å². The van der Waals surface area contributed by atoms with E-state index in [-0.39, 0.29) is 6.10 Å². The first-order chi connectivity index (χ1) is 6.15. The van der Waals surface area contributed by atoms with Gasteiger partial charge >= 0.3 is 0 Å². The molecule has 0 radical (unpaired) electrons. The second-order valence-electron chi connectivity index (χ2n) is 3.17. The summed E-state index contributed by atoms with van der Waals surface area (Å²) in [6, 6.07) is 0. The number of ether oxygens (including phenoxy) is 1. The Hall–Kier alpha value is -0.870. The summed E-state index contributed by atoms with van der Waals surface area (Å²) in [6.45, 7) is 1.84. The number of aliphatic hydroxyl groups excluding tert-OH is 1. The molecule has 1 aromatic heterocycles. The number of imidazole rings is 1. The molecule has 1 rings (SSSR count). The summed E-state index contributed by atoms with van der Waals surface area (Å²) in [5, 5.41) is 9.64. The molecule has 4 heteroatoms. The highest BCUT2D eigenvalue weighted by Crippen LogP contribution is 2.05. The Kier molecular flexibility index (Phi) is 3.45. The first-order valence-electron chi connectivity index (χ1n) is 4.32. The third-order valence-electron chi connectivity index (χ3n) is 2.23. The summed E-state index contributed by atoms with van der Waals surface area (Å²) in [5.74, 6) is 0.872. The maximum absolute atomic E-state index is 9.64. The maximum Gasteiger partial charge on any atom is 0.111 e. The number of hydrogen-bond donors (Lipinski definition) is 1. The van der Waals surface area contributed by atoms with Gasteiger partial charge in [0.25, 0.3) is 0 Å². The van der Waals surface area contributed by atoms with Crippen LogP contribution in [0.15, 0.2) is 12.4 Å². The van der Waals surface area contributed by atoms with Gasteiger partial charge in [0.05, 0.1) is 12.2 Å². The fourth-order valence-corrected chi connectivity index (χ4v) is 1.10. The molecule has 0 bridgehead atoms. The van der Waals surface area contributed by atoms with E-state index in [0.717, 1.165) is 5.82 Å². The number of hydrogen-bond acceptors (Lipinski definition) is 3. The van der Waals surface area contributed by atoms with Gasteiger partial charge in [0.15, 0.2) is 0 Å². The first kappa shape index (κ1) is 10.2. The van der Waals surface area contributed by atoms with Crippen LogP contribution in [0.5, 0.6) is 0 Å². The van der Waals surface area contributed by atoms with Gasteiger partial charge in [-0.3, -0.25) is 0 Å². The fraction of sp³-hybridized carbons (Fsp3) is 0.667. The van der Waals surface area contributed by atoms with Crippen LogP contribution in [0.1, 0.15) is 12.7 Å². The monoisotopic (exact) mass is 184 g/mol. The van der Waals surface area contributed by atoms with Crippen molar-refractivity contribution in [1.29, 1.82) is 0 Å². The molecule has 0 amide bonds. The van der Waals surface area contributed by atoms with Crippen LogP contribution in [-0.4, -0.2) is 34.0 Å². The third-order valence-corrected chi connectivity index (χ3v) is 2.23. The minimum Gasteiger partial charge on any atom is -0.390 e. The first-order valence-corrected chi connectivity index (χ1v) is 4.32. The Morgan fingerprint density at radius 3 is 2.85 bits per heavy atom. The van der Waals surface area contributed by atoms with Gasteiger partial charge in [-0.2, -0.15) is 0 Å². The Bertz CT molecular complexity index is 260. The van der Waals surface area contributed by atoms with Crippen molar-refractivity contribution in [2.24, 2.45) is 7.05 Å². The highest BCUT2D eigenvalue weighted by atomic mass is 16.5. The van der Waals surface area contributed by atoms with E-state index in [4.69, 9.17) is 4.74 Å². The second-order valence-corrected chi connectivity index (χ2v) is 3.17. The van der Waals surface area contributed by atoms with E-state index in [0.29, 0.717) is 6.42 Å². The van der Waals surface area contributed by atoms with Crippen LogP contribution in [0.4, 0.5) is 0 Å². The summed E-state index contributed by atoms with van der Waals surface area (Å²) in [5.41, 5.74) is 0. The van der Waals surface area contributed by atoms with Crippen molar-refractivity contribution in [3.05, 3.63) is 18.2 Å². The molecule has 0 aliphatic carbocycles. The van der Waals surface area contributed by atoms with Crippen molar-refractivity contribution in [1.82, 2.24) is 9.55 Å². The van der Waals surface area contributed by atoms with Crippen LogP contribution >= 0.6 is 0 Å². The lowest BCUT2D eigenvalue weighted by atomic mass is 10.1. The maximum atomic E-state index is 9.64. The number of aliphatic hydroxyl groups is 1. The van der Waals surface area contributed by atoms with Gasteiger partial charge in [-0.25, -0.2) is 4.98 Å². The highest BCUT2D eigenvalue weighted by molar-refractivity contribution is 4.93. The number of aromatic nitrogens is 2. The predicted molar refractivity (Wildman–Crippen MR) is 49.4 cm³/mol. The SMILES string of the molecule is COC(C)C(O)Cc1nccn1C. The molecule has 0 aliphatic heterocycles. The lowest BCUT2D eigenvalue weighted by molar-refractivity contribution is -0.000810. The van der Waals surface area contributed by atoms with Gasteiger partial charge in [0.1, 0.15) is 5.82 Å². The molecule has 0 saturated carbocycles. The fourth-order valence-electron chi connectivity index (χ4n) is 1.10. The summed E-state index contributed by atoms with van der Waals surface area (Å²) in [4.78, 5) is 4.12. The standard InChI is InChI=1S/C9H16N2O2/c1-7(13-3)8(12)6-9-10-4-5-11(9)2/h4-5,7-8,12H,6H2,1-3H3. The van der Waals surface area contributed by atoms with E-state index in [1.165, 1.54) is 0 Å². The molecule has 4 nitrogen and oxygen atoms in total. The quantitative estimate of drug-likeness (QED) is 0.735. The van der Waals surface area contributed by atoms with Gasteiger partial charge < -0.3 is 14.4 Å². The van der Waals surface area contributed by atoms with Gasteiger partial charge in [0, 0.05) is 33.0 Å². The van der Waals surface area contributed by atoms with E-state index in [2.05, 4.69) is 4.98 Å². The summed E-state index contributed by atoms with van der Waals surface area (Å²) in [6.07, 6.45) is 3.46. The summed E-state index contributed by atoms with van der Waals surface area (Å²) >= 11 is 0. The van der Waals surface area contributed by atoms with E-state index in [1.807, 2.05) is 24.7 Å². The average Bonchev–Trinajstić information content (AvgIpc) is 2.50. The van der Waals surface area contributed by atoms with Gasteiger partial charge in [-0.1, -0.05) is 0 Å². The molecule has 1 N–H and O–H groups in total. The van der Waals surface area contributed by atoms with Crippen molar-refractivity contribution in [2.45, 2.75) is 25.6 Å². The molecular weight excluding hydrogens is 168 g/mol. The molecule has 1 heterocycles. The molecule has 2 unspecified atom stereocenters. The predicted octanol–water partition coefficient (Wildman–Crippen LogP) is 0.358. The molecule has 0 fully saturated rings. The highest BCUT2D eigenvalue weighted by Gasteiger charge is 2.15. The van der Waals surface area contributed by atoms with E-state index in [1.54, 1.807) is 13.3 Å². The topological polar surface area (TPSA) is 47.3 Å². The van der Waals surface area contributed by atoms with Crippen LogP contribution in [0, 0.1) is 0 Å². The van der Waals surface area contributed by atoms with Crippen molar-refractivity contribution in [2.75, 3.05) is 7.11 Å². The molecule has 0 spiro atoms. The molecule has 74 valence electrons. The summed E-state index contributed by atoms with van der Waals surface area (Å²) < 4.78 is 6.91. The molecule has 0 aliphatic rings. The third kappa shape index (κ3) is 2.54. The van der Waals surface area contributed by atoms with Crippen LogP contribution in [0.25, 0.3) is 0 Å². The van der Waals surface area contributed by atoms with Gasteiger partial charge in [0.2, 0.25) is 0 Å². The Morgan fingerprint density at radius 2 is 2.38 bits per heavy atom. The number of methoxy groups -OCH3 is 1. The van der Waals surface area contributed by atoms with E-state index in [9.17, 15) is 5.11 Å². The minimum atomic E-state index is -0.494. The molecule has 2 atom stereocenters. The lowest BCUT2D eigenvalue weighted by Gasteiger charge is -2.16. The van der Waals surface area contributed by atoms with Crippen LogP contribution < -0.4 is 0 Å². The smallest absolute Gasteiger partial charge is 0.111 e. The van der Waals surface area contributed by atoms with Gasteiger partial charge in [-0.05, 0) is 6.92 Å². The number of rotatable bonds is 4.